The van der Waals surface area contributed by atoms with Crippen molar-refractivity contribution < 1.29 is 23.7 Å². The Kier molecular flexibility index (Phi) is 7.09. The predicted molar refractivity (Wildman–Crippen MR) is 105 cm³/mol. The van der Waals surface area contributed by atoms with Gasteiger partial charge in [0.05, 0.1) is 34.5 Å². The number of carbonyl (C=O) groups is 1. The summed E-state index contributed by atoms with van der Waals surface area (Å²) >= 11 is 1.76. The molecule has 27 heavy (non-hydrogen) atoms. The van der Waals surface area contributed by atoms with Crippen LogP contribution in [0.5, 0.6) is 17.2 Å². The third-order valence-electron chi connectivity index (χ3n) is 4.96. The van der Waals surface area contributed by atoms with Crippen LogP contribution >= 0.6 is 11.8 Å². The van der Waals surface area contributed by atoms with E-state index in [4.69, 9.17) is 18.9 Å². The summed E-state index contributed by atoms with van der Waals surface area (Å²) in [7, 11) is 4.82. The fraction of sp³-hybridized carbons (Fsp3) is 0.632. The van der Waals surface area contributed by atoms with E-state index in [0.717, 1.165) is 44.2 Å². The van der Waals surface area contributed by atoms with Gasteiger partial charge in [-0.25, -0.2) is 0 Å². The van der Waals surface area contributed by atoms with Crippen molar-refractivity contribution in [2.45, 2.75) is 11.8 Å². The summed E-state index contributed by atoms with van der Waals surface area (Å²) in [6.07, 6.45) is 0.569. The van der Waals surface area contributed by atoms with Crippen LogP contribution in [0.15, 0.2) is 12.1 Å². The van der Waals surface area contributed by atoms with E-state index in [1.807, 2.05) is 17.0 Å². The summed E-state index contributed by atoms with van der Waals surface area (Å²) < 4.78 is 22.0. The molecule has 1 unspecified atom stereocenters. The topological polar surface area (TPSA) is 60.5 Å². The second-order valence-corrected chi connectivity index (χ2v) is 7.63. The van der Waals surface area contributed by atoms with E-state index in [0.29, 0.717) is 30.2 Å². The highest BCUT2D eigenvalue weighted by molar-refractivity contribution is 7.99. The van der Waals surface area contributed by atoms with E-state index in [-0.39, 0.29) is 11.3 Å². The SMILES string of the molecule is COc1ccc(C2SCCC(=O)N2CCN2CCOCC2)c(OC)c1OC. The maximum Gasteiger partial charge on any atom is 0.224 e. The van der Waals surface area contributed by atoms with Crippen LogP contribution in [0, 0.1) is 0 Å². The van der Waals surface area contributed by atoms with E-state index in [9.17, 15) is 4.79 Å². The van der Waals surface area contributed by atoms with Crippen molar-refractivity contribution >= 4 is 17.7 Å². The van der Waals surface area contributed by atoms with E-state index in [1.165, 1.54) is 0 Å². The zero-order valence-electron chi connectivity index (χ0n) is 16.2. The maximum atomic E-state index is 12.7. The zero-order chi connectivity index (χ0) is 19.2. The standard InChI is InChI=1S/C19H28N2O5S/c1-23-15-5-4-14(17(24-2)18(15)25-3)19-21(16(22)6-13-27-19)8-7-20-9-11-26-12-10-20/h4-5,19H,6-13H2,1-3H3. The van der Waals surface area contributed by atoms with Gasteiger partial charge >= 0.3 is 0 Å². The molecule has 3 rings (SSSR count). The molecule has 0 saturated carbocycles. The van der Waals surface area contributed by atoms with Gasteiger partial charge in [-0.05, 0) is 12.1 Å². The highest BCUT2D eigenvalue weighted by Crippen LogP contribution is 2.47. The van der Waals surface area contributed by atoms with E-state index >= 15 is 0 Å². The second-order valence-electron chi connectivity index (χ2n) is 6.44. The first kappa shape index (κ1) is 20.1. The fourth-order valence-corrected chi connectivity index (χ4v) is 4.80. The van der Waals surface area contributed by atoms with Crippen LogP contribution in [0.3, 0.4) is 0 Å². The zero-order valence-corrected chi connectivity index (χ0v) is 17.0. The molecular weight excluding hydrogens is 368 g/mol. The van der Waals surface area contributed by atoms with Crippen molar-refractivity contribution in [2.75, 3.05) is 66.5 Å². The smallest absolute Gasteiger partial charge is 0.224 e. The lowest BCUT2D eigenvalue weighted by Crippen LogP contribution is -2.45. The minimum Gasteiger partial charge on any atom is -0.493 e. The van der Waals surface area contributed by atoms with Gasteiger partial charge in [0.1, 0.15) is 5.37 Å². The Hall–Kier alpha value is -1.64. The lowest BCUT2D eigenvalue weighted by molar-refractivity contribution is -0.132. The van der Waals surface area contributed by atoms with E-state index in [1.54, 1.807) is 33.1 Å². The number of benzene rings is 1. The normalized spacial score (nSPS) is 21.2. The van der Waals surface area contributed by atoms with Gasteiger partial charge in [0.25, 0.3) is 0 Å². The van der Waals surface area contributed by atoms with Gasteiger partial charge in [0, 0.05) is 43.9 Å². The highest BCUT2D eigenvalue weighted by atomic mass is 32.2. The molecule has 0 aliphatic carbocycles. The van der Waals surface area contributed by atoms with Crippen molar-refractivity contribution in [3.8, 4) is 17.2 Å². The van der Waals surface area contributed by atoms with Crippen LogP contribution in [-0.4, -0.2) is 82.2 Å². The number of ether oxygens (including phenoxy) is 4. The summed E-state index contributed by atoms with van der Waals surface area (Å²) in [5, 5.41) is -0.0953. The molecule has 0 bridgehead atoms. The number of amides is 1. The van der Waals surface area contributed by atoms with Crippen LogP contribution < -0.4 is 14.2 Å². The van der Waals surface area contributed by atoms with Gasteiger partial charge in [0.2, 0.25) is 11.7 Å². The molecule has 2 heterocycles. The average Bonchev–Trinajstić information content (AvgIpc) is 2.72. The summed E-state index contributed by atoms with van der Waals surface area (Å²) in [6.45, 7) is 4.89. The Balaban J connectivity index is 1.84. The Morgan fingerprint density at radius 3 is 2.48 bits per heavy atom. The number of hydrogen-bond donors (Lipinski definition) is 0. The third-order valence-corrected chi connectivity index (χ3v) is 6.22. The fourth-order valence-electron chi connectivity index (χ4n) is 3.51. The highest BCUT2D eigenvalue weighted by Gasteiger charge is 2.33. The van der Waals surface area contributed by atoms with Crippen LogP contribution in [0.2, 0.25) is 0 Å². The largest absolute Gasteiger partial charge is 0.493 e. The lowest BCUT2D eigenvalue weighted by atomic mass is 10.1. The molecule has 1 aromatic rings. The summed E-state index contributed by atoms with van der Waals surface area (Å²) in [4.78, 5) is 17.0. The molecule has 8 heteroatoms. The lowest BCUT2D eigenvalue weighted by Gasteiger charge is -2.38. The number of thioether (sulfide) groups is 1. The Morgan fingerprint density at radius 1 is 1.07 bits per heavy atom. The second kappa shape index (κ2) is 9.52. The van der Waals surface area contributed by atoms with E-state index < -0.39 is 0 Å². The van der Waals surface area contributed by atoms with Gasteiger partial charge in [0.15, 0.2) is 11.5 Å². The molecule has 1 amide bonds. The Labute approximate surface area is 164 Å². The number of hydrogen-bond acceptors (Lipinski definition) is 7. The molecule has 1 aromatic carbocycles. The van der Waals surface area contributed by atoms with E-state index in [2.05, 4.69) is 4.90 Å². The van der Waals surface area contributed by atoms with Crippen molar-refractivity contribution in [3.63, 3.8) is 0 Å². The number of nitrogens with zero attached hydrogens (tertiary/aromatic N) is 2. The number of rotatable bonds is 7. The number of morpholine rings is 1. The number of methoxy groups -OCH3 is 3. The van der Waals surface area contributed by atoms with Crippen molar-refractivity contribution in [1.82, 2.24) is 9.80 Å². The average molecular weight is 397 g/mol. The van der Waals surface area contributed by atoms with Crippen molar-refractivity contribution in [3.05, 3.63) is 17.7 Å². The van der Waals surface area contributed by atoms with Crippen LogP contribution in [0.25, 0.3) is 0 Å². The first-order valence-electron chi connectivity index (χ1n) is 9.19. The summed E-state index contributed by atoms with van der Waals surface area (Å²) in [5.74, 6) is 2.79. The van der Waals surface area contributed by atoms with Gasteiger partial charge in [-0.15, -0.1) is 11.8 Å². The third kappa shape index (κ3) is 4.44. The molecule has 2 saturated heterocycles. The molecule has 2 aliphatic heterocycles. The summed E-state index contributed by atoms with van der Waals surface area (Å²) in [6, 6.07) is 3.84. The molecule has 2 fully saturated rings. The van der Waals surface area contributed by atoms with Crippen LogP contribution in [0.4, 0.5) is 0 Å². The molecule has 2 aliphatic rings. The molecule has 0 aromatic heterocycles. The predicted octanol–water partition coefficient (Wildman–Crippen LogP) is 2.01. The molecule has 7 nitrogen and oxygen atoms in total. The first-order chi connectivity index (χ1) is 13.2. The molecule has 0 radical (unpaired) electrons. The van der Waals surface area contributed by atoms with Crippen LogP contribution in [-0.2, 0) is 9.53 Å². The molecule has 150 valence electrons. The quantitative estimate of drug-likeness (QED) is 0.699. The Morgan fingerprint density at radius 2 is 1.81 bits per heavy atom. The minimum atomic E-state index is -0.0953. The molecular formula is C19H28N2O5S. The monoisotopic (exact) mass is 396 g/mol. The molecule has 0 N–H and O–H groups in total. The number of carbonyl (C=O) groups excluding carboxylic acids is 1. The van der Waals surface area contributed by atoms with Crippen molar-refractivity contribution in [1.29, 1.82) is 0 Å². The van der Waals surface area contributed by atoms with Gasteiger partial charge in [-0.2, -0.15) is 0 Å². The molecule has 0 spiro atoms. The Bertz CT molecular complexity index is 651. The van der Waals surface area contributed by atoms with Gasteiger partial charge < -0.3 is 23.8 Å². The van der Waals surface area contributed by atoms with Gasteiger partial charge in [-0.1, -0.05) is 0 Å². The van der Waals surface area contributed by atoms with Crippen molar-refractivity contribution in [2.24, 2.45) is 0 Å². The first-order valence-corrected chi connectivity index (χ1v) is 10.2. The minimum absolute atomic E-state index is 0.0953. The summed E-state index contributed by atoms with van der Waals surface area (Å²) in [5.41, 5.74) is 0.940. The van der Waals surface area contributed by atoms with Crippen LogP contribution in [0.1, 0.15) is 17.4 Å². The molecule has 1 atom stereocenters. The van der Waals surface area contributed by atoms with Gasteiger partial charge in [-0.3, -0.25) is 9.69 Å². The maximum absolute atomic E-state index is 12.7.